The van der Waals surface area contributed by atoms with E-state index in [1.165, 1.54) is 0 Å². The van der Waals surface area contributed by atoms with Gasteiger partial charge in [-0.15, -0.1) is 11.3 Å². The van der Waals surface area contributed by atoms with Crippen molar-refractivity contribution in [3.05, 3.63) is 65.2 Å². The van der Waals surface area contributed by atoms with Crippen LogP contribution in [0.25, 0.3) is 10.6 Å². The third-order valence-corrected chi connectivity index (χ3v) is 7.81. The maximum atomic E-state index is 12.8. The summed E-state index contributed by atoms with van der Waals surface area (Å²) in [7, 11) is -3.31. The molecule has 27 heavy (non-hydrogen) atoms. The lowest BCUT2D eigenvalue weighted by atomic mass is 10.1. The van der Waals surface area contributed by atoms with Crippen LogP contribution in [0.4, 0.5) is 0 Å². The zero-order chi connectivity index (χ0) is 18.9. The maximum Gasteiger partial charge on any atom is 0.274 e. The van der Waals surface area contributed by atoms with Crippen molar-refractivity contribution < 1.29 is 13.2 Å². The Hall–Kier alpha value is -2.45. The SMILES string of the molecule is O=C(c1cc(-c2cccs2)[nH]n1)N1CCC(c2ccccc2)S(=O)(=O)CC1. The van der Waals surface area contributed by atoms with Crippen LogP contribution in [0.2, 0.25) is 0 Å². The molecule has 6 nitrogen and oxygen atoms in total. The number of sulfone groups is 1. The van der Waals surface area contributed by atoms with Gasteiger partial charge in [0.25, 0.3) is 5.91 Å². The number of hydrogen-bond donors (Lipinski definition) is 1. The van der Waals surface area contributed by atoms with Gasteiger partial charge in [-0.3, -0.25) is 9.89 Å². The minimum Gasteiger partial charge on any atom is -0.336 e. The summed E-state index contributed by atoms with van der Waals surface area (Å²) in [6.07, 6.45) is 0.389. The van der Waals surface area contributed by atoms with Gasteiger partial charge in [0.2, 0.25) is 0 Å². The van der Waals surface area contributed by atoms with E-state index in [-0.39, 0.29) is 18.2 Å². The molecular weight excluding hydrogens is 382 g/mol. The second-order valence-electron chi connectivity index (χ2n) is 6.49. The molecule has 1 saturated heterocycles. The fourth-order valence-electron chi connectivity index (χ4n) is 3.34. The molecule has 0 saturated carbocycles. The quantitative estimate of drug-likeness (QED) is 0.731. The van der Waals surface area contributed by atoms with Crippen LogP contribution in [0.3, 0.4) is 0 Å². The highest BCUT2D eigenvalue weighted by Crippen LogP contribution is 2.30. The van der Waals surface area contributed by atoms with Crippen molar-refractivity contribution in [3.8, 4) is 10.6 Å². The highest BCUT2D eigenvalue weighted by molar-refractivity contribution is 7.91. The van der Waals surface area contributed by atoms with Crippen LogP contribution >= 0.6 is 11.3 Å². The largest absolute Gasteiger partial charge is 0.336 e. The van der Waals surface area contributed by atoms with Crippen molar-refractivity contribution in [3.63, 3.8) is 0 Å². The second-order valence-corrected chi connectivity index (χ2v) is 9.74. The fourth-order valence-corrected chi connectivity index (χ4v) is 5.83. The Morgan fingerprint density at radius 2 is 1.96 bits per heavy atom. The van der Waals surface area contributed by atoms with E-state index >= 15 is 0 Å². The number of nitrogens with one attached hydrogen (secondary N) is 1. The van der Waals surface area contributed by atoms with Gasteiger partial charge >= 0.3 is 0 Å². The van der Waals surface area contributed by atoms with Crippen LogP contribution in [-0.4, -0.2) is 48.3 Å². The van der Waals surface area contributed by atoms with E-state index in [1.807, 2.05) is 47.8 Å². The van der Waals surface area contributed by atoms with Crippen molar-refractivity contribution in [1.82, 2.24) is 15.1 Å². The summed E-state index contributed by atoms with van der Waals surface area (Å²) in [4.78, 5) is 15.4. The number of hydrogen-bond acceptors (Lipinski definition) is 5. The molecule has 0 aliphatic carbocycles. The number of rotatable bonds is 3. The van der Waals surface area contributed by atoms with Gasteiger partial charge in [0.1, 0.15) is 0 Å². The fraction of sp³-hybridized carbons (Fsp3) is 0.263. The molecule has 0 bridgehead atoms. The average molecular weight is 402 g/mol. The molecule has 3 aromatic rings. The van der Waals surface area contributed by atoms with E-state index in [9.17, 15) is 13.2 Å². The third-order valence-electron chi connectivity index (χ3n) is 4.78. The second kappa shape index (κ2) is 7.28. The summed E-state index contributed by atoms with van der Waals surface area (Å²) in [5, 5.41) is 8.41. The Morgan fingerprint density at radius 1 is 1.15 bits per heavy atom. The zero-order valence-electron chi connectivity index (χ0n) is 14.5. The Bertz CT molecular complexity index is 1030. The summed E-state index contributed by atoms with van der Waals surface area (Å²) in [5.74, 6) is -0.279. The van der Waals surface area contributed by atoms with Crippen LogP contribution in [0.5, 0.6) is 0 Å². The van der Waals surface area contributed by atoms with Gasteiger partial charge in [-0.2, -0.15) is 5.10 Å². The highest BCUT2D eigenvalue weighted by Gasteiger charge is 2.33. The lowest BCUT2D eigenvalue weighted by Gasteiger charge is -2.18. The standard InChI is InChI=1S/C19H19N3O3S2/c23-19(16-13-15(20-21-16)17-7-4-11-26-17)22-9-8-18(27(24,25)12-10-22)14-5-2-1-3-6-14/h1-7,11,13,18H,8-10,12H2,(H,20,21). The number of thiophene rings is 1. The number of amides is 1. The number of aromatic nitrogens is 2. The van der Waals surface area contributed by atoms with Crippen molar-refractivity contribution >= 4 is 27.1 Å². The molecule has 1 atom stereocenters. The van der Waals surface area contributed by atoms with Gasteiger partial charge in [0, 0.05) is 13.1 Å². The van der Waals surface area contributed by atoms with Crippen LogP contribution in [0.1, 0.15) is 27.7 Å². The number of benzene rings is 1. The molecule has 3 heterocycles. The maximum absolute atomic E-state index is 12.8. The smallest absolute Gasteiger partial charge is 0.274 e. The van der Waals surface area contributed by atoms with E-state index in [0.717, 1.165) is 16.1 Å². The van der Waals surface area contributed by atoms with Gasteiger partial charge in [-0.05, 0) is 29.5 Å². The molecule has 8 heteroatoms. The first-order valence-corrected chi connectivity index (χ1v) is 11.3. The zero-order valence-corrected chi connectivity index (χ0v) is 16.2. The molecule has 0 spiro atoms. The van der Waals surface area contributed by atoms with E-state index in [4.69, 9.17) is 0 Å². The number of H-pyrrole nitrogens is 1. The summed E-state index contributed by atoms with van der Waals surface area (Å²) in [6, 6.07) is 14.8. The Labute approximate surface area is 161 Å². The minimum absolute atomic E-state index is 0.0412. The minimum atomic E-state index is -3.31. The van der Waals surface area contributed by atoms with Crippen LogP contribution in [0, 0.1) is 0 Å². The topological polar surface area (TPSA) is 83.1 Å². The van der Waals surface area contributed by atoms with Gasteiger partial charge in [0.15, 0.2) is 15.5 Å². The lowest BCUT2D eigenvalue weighted by molar-refractivity contribution is 0.0760. The van der Waals surface area contributed by atoms with E-state index in [2.05, 4.69) is 10.2 Å². The Kier molecular flexibility index (Phi) is 4.84. The molecule has 1 aromatic carbocycles. The first-order valence-electron chi connectivity index (χ1n) is 8.70. The summed E-state index contributed by atoms with van der Waals surface area (Å²) >= 11 is 1.56. The molecule has 1 unspecified atom stereocenters. The van der Waals surface area contributed by atoms with Gasteiger partial charge < -0.3 is 4.90 Å². The van der Waals surface area contributed by atoms with Crippen molar-refractivity contribution in [1.29, 1.82) is 0 Å². The van der Waals surface area contributed by atoms with Crippen molar-refractivity contribution in [2.75, 3.05) is 18.8 Å². The first kappa shape index (κ1) is 17.9. The average Bonchev–Trinajstić information content (AvgIpc) is 3.33. The molecule has 1 aliphatic heterocycles. The Morgan fingerprint density at radius 3 is 2.70 bits per heavy atom. The normalized spacial score (nSPS) is 19.6. The van der Waals surface area contributed by atoms with E-state index in [1.54, 1.807) is 22.3 Å². The number of nitrogens with zero attached hydrogens (tertiary/aromatic N) is 2. The summed E-state index contributed by atoms with van der Waals surface area (Å²) in [5.41, 5.74) is 1.89. The van der Waals surface area contributed by atoms with Gasteiger partial charge in [0.05, 0.1) is 21.6 Å². The predicted molar refractivity (Wildman–Crippen MR) is 105 cm³/mol. The molecule has 1 amide bonds. The summed E-state index contributed by atoms with van der Waals surface area (Å²) in [6.45, 7) is 0.574. The molecule has 1 N–H and O–H groups in total. The molecular formula is C19H19N3O3S2. The number of carbonyl (C=O) groups is 1. The number of carbonyl (C=O) groups excluding carboxylic acids is 1. The molecule has 1 aliphatic rings. The molecule has 1 fully saturated rings. The van der Waals surface area contributed by atoms with Crippen LogP contribution in [0.15, 0.2) is 53.9 Å². The molecule has 4 rings (SSSR count). The molecule has 0 radical (unpaired) electrons. The van der Waals surface area contributed by atoms with Gasteiger partial charge in [-0.1, -0.05) is 36.4 Å². The monoisotopic (exact) mass is 401 g/mol. The van der Waals surface area contributed by atoms with E-state index in [0.29, 0.717) is 18.7 Å². The third kappa shape index (κ3) is 3.68. The Balaban J connectivity index is 1.53. The van der Waals surface area contributed by atoms with E-state index < -0.39 is 15.1 Å². The lowest BCUT2D eigenvalue weighted by Crippen LogP contribution is -2.33. The van der Waals surface area contributed by atoms with Crippen LogP contribution < -0.4 is 0 Å². The first-order chi connectivity index (χ1) is 13.0. The number of aromatic amines is 1. The summed E-state index contributed by atoms with van der Waals surface area (Å²) < 4.78 is 25.4. The molecule has 140 valence electrons. The van der Waals surface area contributed by atoms with Gasteiger partial charge in [-0.25, -0.2) is 8.42 Å². The highest BCUT2D eigenvalue weighted by atomic mass is 32.2. The molecule has 2 aromatic heterocycles. The van der Waals surface area contributed by atoms with Crippen molar-refractivity contribution in [2.45, 2.75) is 11.7 Å². The van der Waals surface area contributed by atoms with Crippen molar-refractivity contribution in [2.24, 2.45) is 0 Å². The van der Waals surface area contributed by atoms with Crippen LogP contribution in [-0.2, 0) is 9.84 Å². The predicted octanol–water partition coefficient (Wildman–Crippen LogP) is 3.14.